The van der Waals surface area contributed by atoms with Crippen molar-refractivity contribution in [2.75, 3.05) is 35.3 Å². The second-order valence-corrected chi connectivity index (χ2v) is 8.35. The second kappa shape index (κ2) is 11.2. The summed E-state index contributed by atoms with van der Waals surface area (Å²) in [5.74, 6) is 0.0971. The predicted molar refractivity (Wildman–Crippen MR) is 133 cm³/mol. The average molecular weight is 460 g/mol. The molecule has 2 aromatic carbocycles. The zero-order valence-electron chi connectivity index (χ0n) is 19.2. The molecule has 176 valence electrons. The monoisotopic (exact) mass is 459 g/mol. The molecule has 2 heterocycles. The summed E-state index contributed by atoms with van der Waals surface area (Å²) in [6.07, 6.45) is 4.95. The summed E-state index contributed by atoms with van der Waals surface area (Å²) in [5, 5.41) is 2.87. The molecule has 0 atom stereocenters. The van der Waals surface area contributed by atoms with E-state index in [1.165, 1.54) is 5.69 Å². The van der Waals surface area contributed by atoms with Gasteiger partial charge in [0.15, 0.2) is 0 Å². The predicted octanol–water partition coefficient (Wildman–Crippen LogP) is 4.61. The van der Waals surface area contributed by atoms with Crippen LogP contribution in [0.1, 0.15) is 28.8 Å². The van der Waals surface area contributed by atoms with Crippen LogP contribution in [0.5, 0.6) is 0 Å². The Morgan fingerprint density at radius 2 is 1.65 bits per heavy atom. The van der Waals surface area contributed by atoms with Gasteiger partial charge in [-0.1, -0.05) is 29.8 Å². The molecule has 1 aliphatic heterocycles. The van der Waals surface area contributed by atoms with Gasteiger partial charge in [0, 0.05) is 36.7 Å². The summed E-state index contributed by atoms with van der Waals surface area (Å²) >= 11 is 0. The van der Waals surface area contributed by atoms with Crippen molar-refractivity contribution in [3.8, 4) is 0 Å². The van der Waals surface area contributed by atoms with E-state index in [0.29, 0.717) is 29.5 Å². The van der Waals surface area contributed by atoms with Crippen LogP contribution in [0.15, 0.2) is 73.1 Å². The standard InChI is InChI=1S/C26H29N5O3/c1-19-6-8-21(9-7-19)25(32)28-23-4-2-3-5-24(23)29-30-26(33)34-18-20-12-16-31(17-13-20)22-10-14-27-15-11-22/h2-11,14-15,20,29H,12-13,16-18H2,1H3,(H,28,32)(H,30,33). The van der Waals surface area contributed by atoms with Gasteiger partial charge in [-0.25, -0.2) is 10.2 Å². The van der Waals surface area contributed by atoms with Gasteiger partial charge in [-0.3, -0.25) is 15.2 Å². The van der Waals surface area contributed by atoms with Crippen molar-refractivity contribution in [3.63, 3.8) is 0 Å². The van der Waals surface area contributed by atoms with Gasteiger partial charge in [-0.15, -0.1) is 0 Å². The van der Waals surface area contributed by atoms with Crippen LogP contribution in [-0.4, -0.2) is 36.7 Å². The van der Waals surface area contributed by atoms with Crippen molar-refractivity contribution in [2.45, 2.75) is 19.8 Å². The number of rotatable bonds is 7. The summed E-state index contributed by atoms with van der Waals surface area (Å²) in [7, 11) is 0. The number of para-hydroxylation sites is 2. The van der Waals surface area contributed by atoms with Crippen LogP contribution in [-0.2, 0) is 4.74 Å². The topological polar surface area (TPSA) is 95.6 Å². The highest BCUT2D eigenvalue weighted by Gasteiger charge is 2.21. The van der Waals surface area contributed by atoms with E-state index in [1.807, 2.05) is 43.3 Å². The van der Waals surface area contributed by atoms with Crippen LogP contribution >= 0.6 is 0 Å². The minimum Gasteiger partial charge on any atom is -0.448 e. The molecule has 0 bridgehead atoms. The van der Waals surface area contributed by atoms with Gasteiger partial charge in [0.25, 0.3) is 5.91 Å². The molecule has 3 N–H and O–H groups in total. The summed E-state index contributed by atoms with van der Waals surface area (Å²) in [5.41, 5.74) is 9.32. The van der Waals surface area contributed by atoms with Gasteiger partial charge in [0.05, 0.1) is 18.0 Å². The Morgan fingerprint density at radius 1 is 0.971 bits per heavy atom. The number of amides is 2. The van der Waals surface area contributed by atoms with Gasteiger partial charge < -0.3 is 15.0 Å². The highest BCUT2D eigenvalue weighted by atomic mass is 16.6. The van der Waals surface area contributed by atoms with Crippen LogP contribution in [0.4, 0.5) is 21.9 Å². The lowest BCUT2D eigenvalue weighted by molar-refractivity contribution is 0.102. The lowest BCUT2D eigenvalue weighted by atomic mass is 9.97. The molecular weight excluding hydrogens is 430 g/mol. The van der Waals surface area contributed by atoms with Crippen LogP contribution in [0, 0.1) is 12.8 Å². The van der Waals surface area contributed by atoms with Crippen LogP contribution in [0.3, 0.4) is 0 Å². The molecular formula is C26H29N5O3. The number of piperidine rings is 1. The normalized spacial score (nSPS) is 13.7. The Bertz CT molecular complexity index is 1100. The number of ether oxygens (including phenoxy) is 1. The Hall–Kier alpha value is -4.07. The van der Waals surface area contributed by atoms with Crippen LogP contribution < -0.4 is 21.1 Å². The molecule has 8 heteroatoms. The van der Waals surface area contributed by atoms with E-state index in [2.05, 4.69) is 26.1 Å². The number of hydrogen-bond acceptors (Lipinski definition) is 6. The minimum absolute atomic E-state index is 0.227. The van der Waals surface area contributed by atoms with Gasteiger partial charge in [0.1, 0.15) is 0 Å². The van der Waals surface area contributed by atoms with Crippen LogP contribution in [0.25, 0.3) is 0 Å². The van der Waals surface area contributed by atoms with Crippen molar-refractivity contribution in [1.29, 1.82) is 0 Å². The molecule has 2 amide bonds. The van der Waals surface area contributed by atoms with Crippen molar-refractivity contribution < 1.29 is 14.3 Å². The number of aryl methyl sites for hydroxylation is 1. The zero-order chi connectivity index (χ0) is 23.8. The number of hydrogen-bond donors (Lipinski definition) is 3. The van der Waals surface area contributed by atoms with Gasteiger partial charge in [-0.05, 0) is 62.1 Å². The molecule has 1 saturated heterocycles. The van der Waals surface area contributed by atoms with E-state index in [9.17, 15) is 9.59 Å². The van der Waals surface area contributed by atoms with Crippen molar-refractivity contribution in [2.24, 2.45) is 5.92 Å². The second-order valence-electron chi connectivity index (χ2n) is 8.35. The quantitative estimate of drug-likeness (QED) is 0.447. The first-order chi connectivity index (χ1) is 16.6. The number of nitrogens with one attached hydrogen (secondary N) is 3. The molecule has 1 aromatic heterocycles. The first kappa shape index (κ1) is 23.1. The smallest absolute Gasteiger partial charge is 0.425 e. The fraction of sp³-hybridized carbons (Fsp3) is 0.269. The van der Waals surface area contributed by atoms with Gasteiger partial charge >= 0.3 is 6.09 Å². The third-order valence-corrected chi connectivity index (χ3v) is 5.88. The Kier molecular flexibility index (Phi) is 7.60. The summed E-state index contributed by atoms with van der Waals surface area (Å²) in [6, 6.07) is 18.5. The summed E-state index contributed by atoms with van der Waals surface area (Å²) < 4.78 is 5.42. The largest absolute Gasteiger partial charge is 0.448 e. The minimum atomic E-state index is -0.559. The van der Waals surface area contributed by atoms with Gasteiger partial charge in [0.2, 0.25) is 0 Å². The molecule has 0 aliphatic carbocycles. The number of benzene rings is 2. The maximum absolute atomic E-state index is 12.5. The van der Waals surface area contributed by atoms with Crippen molar-refractivity contribution >= 4 is 29.1 Å². The molecule has 8 nitrogen and oxygen atoms in total. The van der Waals surface area contributed by atoms with Crippen LogP contribution in [0.2, 0.25) is 0 Å². The molecule has 4 rings (SSSR count). The molecule has 0 saturated carbocycles. The number of aromatic nitrogens is 1. The molecule has 3 aromatic rings. The van der Waals surface area contributed by atoms with E-state index >= 15 is 0 Å². The molecule has 1 fully saturated rings. The highest BCUT2D eigenvalue weighted by Crippen LogP contribution is 2.23. The highest BCUT2D eigenvalue weighted by molar-refractivity contribution is 6.05. The number of pyridine rings is 1. The summed E-state index contributed by atoms with van der Waals surface area (Å²) in [6.45, 7) is 4.18. The molecule has 0 radical (unpaired) electrons. The summed E-state index contributed by atoms with van der Waals surface area (Å²) in [4.78, 5) is 31.2. The Balaban J connectivity index is 1.22. The third-order valence-electron chi connectivity index (χ3n) is 5.88. The first-order valence-corrected chi connectivity index (χ1v) is 11.4. The molecule has 0 unspecified atom stereocenters. The molecule has 0 spiro atoms. The first-order valence-electron chi connectivity index (χ1n) is 11.4. The maximum Gasteiger partial charge on any atom is 0.425 e. The lowest BCUT2D eigenvalue weighted by Crippen LogP contribution is -2.37. The van der Waals surface area contributed by atoms with E-state index in [4.69, 9.17) is 4.74 Å². The third kappa shape index (κ3) is 6.25. The van der Waals surface area contributed by atoms with E-state index in [0.717, 1.165) is 31.5 Å². The average Bonchev–Trinajstić information content (AvgIpc) is 2.88. The fourth-order valence-electron chi connectivity index (χ4n) is 3.86. The number of anilines is 3. The number of hydrazine groups is 1. The number of carbonyl (C=O) groups is 2. The van der Waals surface area contributed by atoms with E-state index < -0.39 is 6.09 Å². The van der Waals surface area contributed by atoms with E-state index in [-0.39, 0.29) is 5.91 Å². The molecule has 1 aliphatic rings. The van der Waals surface area contributed by atoms with Crippen molar-refractivity contribution in [3.05, 3.63) is 84.2 Å². The lowest BCUT2D eigenvalue weighted by Gasteiger charge is -2.33. The van der Waals surface area contributed by atoms with E-state index in [1.54, 1.807) is 36.7 Å². The Morgan fingerprint density at radius 3 is 2.35 bits per heavy atom. The van der Waals surface area contributed by atoms with Gasteiger partial charge in [-0.2, -0.15) is 0 Å². The molecule has 34 heavy (non-hydrogen) atoms. The number of nitrogens with zero attached hydrogens (tertiary/aromatic N) is 2. The fourth-order valence-corrected chi connectivity index (χ4v) is 3.86. The number of carbonyl (C=O) groups excluding carboxylic acids is 2. The zero-order valence-corrected chi connectivity index (χ0v) is 19.2. The maximum atomic E-state index is 12.5. The van der Waals surface area contributed by atoms with Crippen molar-refractivity contribution in [1.82, 2.24) is 10.4 Å². The SMILES string of the molecule is Cc1ccc(C(=O)Nc2ccccc2NNC(=O)OCC2CCN(c3ccncc3)CC2)cc1. The Labute approximate surface area is 199 Å².